The molecule has 0 amide bonds. The van der Waals surface area contributed by atoms with E-state index in [-0.39, 0.29) is 0 Å². The van der Waals surface area contributed by atoms with Gasteiger partial charge in [-0.1, -0.05) is 0 Å². The Labute approximate surface area is 185 Å². The molecule has 2 aliphatic rings. The van der Waals surface area contributed by atoms with Gasteiger partial charge in [-0.05, 0) is 25.2 Å². The summed E-state index contributed by atoms with van der Waals surface area (Å²) in [6.07, 6.45) is 1.69. The number of benzene rings is 1. The number of hydrogen-bond donors (Lipinski definition) is 1. The van der Waals surface area contributed by atoms with Crippen LogP contribution in [-0.4, -0.2) is 94.2 Å². The maximum Gasteiger partial charge on any atom is 0.216 e. The van der Waals surface area contributed by atoms with Crippen molar-refractivity contribution in [3.63, 3.8) is 0 Å². The highest BCUT2D eigenvalue weighted by atomic mass is 16.5. The van der Waals surface area contributed by atoms with Crippen LogP contribution < -0.4 is 4.90 Å². The summed E-state index contributed by atoms with van der Waals surface area (Å²) in [5.41, 5.74) is 4.03. The van der Waals surface area contributed by atoms with E-state index in [0.717, 1.165) is 61.7 Å². The molecule has 0 aliphatic carbocycles. The molecule has 0 atom stereocenters. The van der Waals surface area contributed by atoms with Crippen LogP contribution in [0.15, 0.2) is 28.9 Å². The molecule has 0 unspecified atom stereocenters. The highest BCUT2D eigenvalue weighted by Gasteiger charge is 2.24. The van der Waals surface area contributed by atoms with E-state index in [1.54, 1.807) is 6.33 Å². The van der Waals surface area contributed by atoms with Gasteiger partial charge in [-0.25, -0.2) is 15.0 Å². The molecule has 0 saturated carbocycles. The van der Waals surface area contributed by atoms with Gasteiger partial charge in [0.05, 0.1) is 37.1 Å². The minimum Gasteiger partial charge on any atom is -0.434 e. The molecule has 4 aromatic rings. The number of nitrogens with zero attached hydrogens (tertiary/aromatic N) is 7. The third kappa shape index (κ3) is 3.70. The Kier molecular flexibility index (Phi) is 4.97. The Hall–Kier alpha value is -3.08. The van der Waals surface area contributed by atoms with Crippen molar-refractivity contribution in [1.29, 1.82) is 0 Å². The average molecular weight is 435 g/mol. The van der Waals surface area contributed by atoms with Gasteiger partial charge in [-0.2, -0.15) is 4.98 Å². The number of morpholine rings is 1. The van der Waals surface area contributed by atoms with E-state index in [4.69, 9.17) is 24.1 Å². The number of nitrogens with one attached hydrogen (secondary N) is 1. The normalized spacial score (nSPS) is 18.7. The van der Waals surface area contributed by atoms with Crippen molar-refractivity contribution >= 4 is 28.1 Å². The molecular formula is C22H26N8O2. The Morgan fingerprint density at radius 2 is 1.84 bits per heavy atom. The fourth-order valence-electron chi connectivity index (χ4n) is 4.31. The van der Waals surface area contributed by atoms with E-state index in [0.29, 0.717) is 42.7 Å². The lowest BCUT2D eigenvalue weighted by molar-refractivity contribution is 0.122. The summed E-state index contributed by atoms with van der Waals surface area (Å²) in [4.78, 5) is 28.9. The molecule has 6 rings (SSSR count). The van der Waals surface area contributed by atoms with Crippen LogP contribution in [0.4, 0.5) is 5.82 Å². The van der Waals surface area contributed by atoms with Crippen molar-refractivity contribution in [2.45, 2.75) is 6.54 Å². The van der Waals surface area contributed by atoms with Crippen LogP contribution in [0.25, 0.3) is 33.7 Å². The summed E-state index contributed by atoms with van der Waals surface area (Å²) in [5, 5.41) is 0. The number of anilines is 1. The molecule has 0 spiro atoms. The Bertz CT molecular complexity index is 1240. The second kappa shape index (κ2) is 8.12. The fraction of sp³-hybridized carbons (Fsp3) is 0.455. The molecular weight excluding hydrogens is 408 g/mol. The van der Waals surface area contributed by atoms with Gasteiger partial charge in [0, 0.05) is 44.8 Å². The van der Waals surface area contributed by atoms with Crippen LogP contribution in [0, 0.1) is 0 Å². The third-order valence-electron chi connectivity index (χ3n) is 6.23. The highest BCUT2D eigenvalue weighted by molar-refractivity contribution is 5.85. The van der Waals surface area contributed by atoms with Gasteiger partial charge < -0.3 is 23.9 Å². The van der Waals surface area contributed by atoms with Crippen molar-refractivity contribution in [3.05, 3.63) is 30.4 Å². The number of oxazole rings is 1. The van der Waals surface area contributed by atoms with Crippen molar-refractivity contribution in [2.24, 2.45) is 0 Å². The molecule has 2 aliphatic heterocycles. The maximum absolute atomic E-state index is 6.24. The number of ether oxygens (including phenoxy) is 1. The third-order valence-corrected chi connectivity index (χ3v) is 6.23. The quantitative estimate of drug-likeness (QED) is 0.515. The summed E-state index contributed by atoms with van der Waals surface area (Å²) in [5.74, 6) is 2.10. The van der Waals surface area contributed by atoms with Gasteiger partial charge in [0.15, 0.2) is 11.6 Å². The molecule has 5 heterocycles. The molecule has 0 bridgehead atoms. The molecule has 32 heavy (non-hydrogen) atoms. The topological polar surface area (TPSA) is 99.4 Å². The fourth-order valence-corrected chi connectivity index (χ4v) is 4.31. The average Bonchev–Trinajstić information content (AvgIpc) is 3.46. The zero-order chi connectivity index (χ0) is 21.5. The van der Waals surface area contributed by atoms with E-state index in [1.807, 2.05) is 18.2 Å². The molecule has 166 valence electrons. The van der Waals surface area contributed by atoms with Gasteiger partial charge in [0.1, 0.15) is 0 Å². The first-order chi connectivity index (χ1) is 15.7. The number of imidazole rings is 1. The molecule has 2 saturated heterocycles. The van der Waals surface area contributed by atoms with Gasteiger partial charge in [-0.3, -0.25) is 4.90 Å². The smallest absolute Gasteiger partial charge is 0.216 e. The standard InChI is InChI=1S/C22H26N8O2/c1-28-4-6-29(7-5-28)13-18-25-21-19(32-18)22(30-8-10-31-11-9-30)27-20(26-21)15-2-3-16-17(12-15)24-14-23-16/h2-3,12,14H,4-11,13H2,1H3,(H,23,24). The lowest BCUT2D eigenvalue weighted by Gasteiger charge is -2.31. The number of aromatic amines is 1. The van der Waals surface area contributed by atoms with Crippen LogP contribution >= 0.6 is 0 Å². The molecule has 1 N–H and O–H groups in total. The molecule has 0 radical (unpaired) electrons. The molecule has 10 nitrogen and oxygen atoms in total. The SMILES string of the molecule is CN1CCN(Cc2nc3nc(-c4ccc5[nH]cnc5c4)nc(N4CCOCC4)c3o2)CC1. The number of rotatable bonds is 4. The first-order valence-corrected chi connectivity index (χ1v) is 11.1. The second-order valence-electron chi connectivity index (χ2n) is 8.44. The first kappa shape index (κ1) is 19.6. The van der Waals surface area contributed by atoms with Gasteiger partial charge in [-0.15, -0.1) is 0 Å². The lowest BCUT2D eigenvalue weighted by Crippen LogP contribution is -2.43. The van der Waals surface area contributed by atoms with E-state index < -0.39 is 0 Å². The molecule has 1 aromatic carbocycles. The highest BCUT2D eigenvalue weighted by Crippen LogP contribution is 2.30. The van der Waals surface area contributed by atoms with Crippen LogP contribution in [0.5, 0.6) is 0 Å². The number of piperazine rings is 1. The number of aromatic nitrogens is 5. The minimum absolute atomic E-state index is 0.600. The summed E-state index contributed by atoms with van der Waals surface area (Å²) < 4.78 is 11.8. The van der Waals surface area contributed by atoms with Gasteiger partial charge in [0.2, 0.25) is 17.1 Å². The minimum atomic E-state index is 0.600. The van der Waals surface area contributed by atoms with E-state index >= 15 is 0 Å². The predicted octanol–water partition coefficient (Wildman–Crippen LogP) is 1.75. The maximum atomic E-state index is 6.24. The van der Waals surface area contributed by atoms with Gasteiger partial charge >= 0.3 is 0 Å². The number of hydrogen-bond acceptors (Lipinski definition) is 9. The zero-order valence-corrected chi connectivity index (χ0v) is 18.1. The van der Waals surface area contributed by atoms with Crippen LogP contribution in [-0.2, 0) is 11.3 Å². The Morgan fingerprint density at radius 3 is 2.69 bits per heavy atom. The molecule has 3 aromatic heterocycles. The van der Waals surface area contributed by atoms with Crippen LogP contribution in [0.3, 0.4) is 0 Å². The van der Waals surface area contributed by atoms with E-state index in [9.17, 15) is 0 Å². The van der Waals surface area contributed by atoms with Crippen molar-refractivity contribution in [3.8, 4) is 11.4 Å². The zero-order valence-electron chi connectivity index (χ0n) is 18.1. The second-order valence-corrected chi connectivity index (χ2v) is 8.44. The Morgan fingerprint density at radius 1 is 1.00 bits per heavy atom. The summed E-state index contributed by atoms with van der Waals surface area (Å²) in [6.45, 7) is 7.67. The predicted molar refractivity (Wildman–Crippen MR) is 120 cm³/mol. The van der Waals surface area contributed by atoms with Crippen LogP contribution in [0.2, 0.25) is 0 Å². The number of fused-ring (bicyclic) bond motifs is 2. The van der Waals surface area contributed by atoms with E-state index in [2.05, 4.69) is 31.7 Å². The van der Waals surface area contributed by atoms with Crippen molar-refractivity contribution < 1.29 is 9.15 Å². The molecule has 2 fully saturated rings. The number of H-pyrrole nitrogens is 1. The van der Waals surface area contributed by atoms with Crippen molar-refractivity contribution in [2.75, 3.05) is 64.4 Å². The van der Waals surface area contributed by atoms with Crippen LogP contribution in [0.1, 0.15) is 5.89 Å². The first-order valence-electron chi connectivity index (χ1n) is 11.1. The van der Waals surface area contributed by atoms with Gasteiger partial charge in [0.25, 0.3) is 0 Å². The number of likely N-dealkylation sites (N-methyl/N-ethyl adjacent to an activating group) is 1. The monoisotopic (exact) mass is 434 g/mol. The van der Waals surface area contributed by atoms with Crippen molar-refractivity contribution in [1.82, 2.24) is 34.7 Å². The Balaban J connectivity index is 1.40. The lowest BCUT2D eigenvalue weighted by atomic mass is 10.2. The summed E-state index contributed by atoms with van der Waals surface area (Å²) in [7, 11) is 2.16. The summed E-state index contributed by atoms with van der Waals surface area (Å²) >= 11 is 0. The summed E-state index contributed by atoms with van der Waals surface area (Å²) in [6, 6.07) is 6.01. The molecule has 10 heteroatoms. The van der Waals surface area contributed by atoms with E-state index in [1.165, 1.54) is 0 Å². The largest absolute Gasteiger partial charge is 0.434 e.